The molecule has 0 unspecified atom stereocenters. The lowest BCUT2D eigenvalue weighted by molar-refractivity contribution is 0.0951. The van der Waals surface area contributed by atoms with Gasteiger partial charge >= 0.3 is 0 Å². The molecule has 4 rings (SSSR count). The fourth-order valence-corrected chi connectivity index (χ4v) is 4.17. The molecule has 2 aromatic heterocycles. The Morgan fingerprint density at radius 1 is 1.16 bits per heavy atom. The van der Waals surface area contributed by atoms with Crippen LogP contribution in [0.15, 0.2) is 41.3 Å². The summed E-state index contributed by atoms with van der Waals surface area (Å²) < 4.78 is 58.3. The molecule has 1 amide bonds. The van der Waals surface area contributed by atoms with Crippen molar-refractivity contribution in [2.75, 3.05) is 17.1 Å². The molecule has 0 saturated heterocycles. The third kappa shape index (κ3) is 5.94. The molecule has 1 aliphatic rings. The first-order valence-electron chi connectivity index (χ1n) is 11.4. The summed E-state index contributed by atoms with van der Waals surface area (Å²) in [5.41, 5.74) is 0.372. The maximum atomic E-state index is 15.1. The number of nitrogens with zero attached hydrogens (tertiary/aromatic N) is 2. The number of aryl methyl sites for hydroxylation is 1. The summed E-state index contributed by atoms with van der Waals surface area (Å²) in [6, 6.07) is 7.18. The second kappa shape index (κ2) is 10.3. The maximum Gasteiger partial charge on any atom is 0.300 e. The van der Waals surface area contributed by atoms with Crippen LogP contribution in [-0.2, 0) is 23.7 Å². The molecular weight excluding hydrogens is 506 g/mol. The van der Waals surface area contributed by atoms with Gasteiger partial charge in [0.15, 0.2) is 11.6 Å². The zero-order valence-corrected chi connectivity index (χ0v) is 21.2. The van der Waals surface area contributed by atoms with E-state index in [1.807, 2.05) is 9.44 Å². The van der Waals surface area contributed by atoms with Crippen LogP contribution in [0.1, 0.15) is 39.9 Å². The molecule has 0 radical (unpaired) electrons. The van der Waals surface area contributed by atoms with Crippen LogP contribution in [0.2, 0.25) is 0 Å². The van der Waals surface area contributed by atoms with Crippen LogP contribution >= 0.6 is 0 Å². The van der Waals surface area contributed by atoms with E-state index in [1.165, 1.54) is 42.1 Å². The van der Waals surface area contributed by atoms with Crippen LogP contribution in [0, 0.1) is 18.6 Å². The van der Waals surface area contributed by atoms with Crippen LogP contribution < -0.4 is 25.6 Å². The van der Waals surface area contributed by atoms with E-state index >= 15 is 4.39 Å². The molecule has 0 spiro atoms. The monoisotopic (exact) mass is 532 g/mol. The maximum absolute atomic E-state index is 15.1. The van der Waals surface area contributed by atoms with Crippen molar-refractivity contribution < 1.29 is 22.0 Å². The Bertz CT molecular complexity index is 1540. The first-order chi connectivity index (χ1) is 17.5. The average molecular weight is 533 g/mol. The Kier molecular flexibility index (Phi) is 7.28. The minimum absolute atomic E-state index is 0.0116. The number of carbonyl (C=O) groups is 1. The predicted octanol–water partition coefficient (Wildman–Crippen LogP) is 2.47. The summed E-state index contributed by atoms with van der Waals surface area (Å²) >= 11 is 0. The minimum atomic E-state index is -4.02. The van der Waals surface area contributed by atoms with E-state index in [0.717, 1.165) is 19.9 Å². The quantitative estimate of drug-likeness (QED) is 0.335. The van der Waals surface area contributed by atoms with Gasteiger partial charge in [-0.1, -0.05) is 6.07 Å². The lowest BCUT2D eigenvalue weighted by Crippen LogP contribution is -2.31. The molecule has 10 nitrogen and oxygen atoms in total. The number of carbonyl (C=O) groups excluding carboxylic acids is 1. The third-order valence-corrected chi connectivity index (χ3v) is 6.87. The van der Waals surface area contributed by atoms with Crippen LogP contribution in [0.25, 0.3) is 0 Å². The zero-order valence-electron chi connectivity index (χ0n) is 20.4. The first kappa shape index (κ1) is 26.2. The van der Waals surface area contributed by atoms with Crippen molar-refractivity contribution in [3.63, 3.8) is 0 Å². The fourth-order valence-electron chi connectivity index (χ4n) is 3.67. The van der Waals surface area contributed by atoms with Gasteiger partial charge in [-0.25, -0.2) is 18.5 Å². The van der Waals surface area contributed by atoms with Gasteiger partial charge in [-0.05, 0) is 55.2 Å². The van der Waals surface area contributed by atoms with Gasteiger partial charge in [0.1, 0.15) is 11.6 Å². The summed E-state index contributed by atoms with van der Waals surface area (Å²) in [6.07, 6.45) is 2.60. The number of rotatable bonds is 9. The molecule has 0 bridgehead atoms. The molecular formula is C24H26F2N6O4S. The molecule has 0 aliphatic heterocycles. The summed E-state index contributed by atoms with van der Waals surface area (Å²) in [5.74, 6) is -2.44. The Hall–Kier alpha value is -3.84. The standard InChI is InChI=1S/C24H26F2N6O4S/c1-13-4-7-19(18(25)10-13)30-22-17(23(33)29-16-5-6-16)12-15(24(34)32(22)3)11-14-8-9-28-21(20(14)26)31-37(35,36)27-2/h4,7-10,12,16,27,30H,5-6,11H2,1-3H3,(H,28,31)(H,29,33). The van der Waals surface area contributed by atoms with Gasteiger partial charge in [0, 0.05) is 38.3 Å². The highest BCUT2D eigenvalue weighted by atomic mass is 32.2. The van der Waals surface area contributed by atoms with E-state index in [9.17, 15) is 22.4 Å². The van der Waals surface area contributed by atoms with Crippen LogP contribution in [0.4, 0.5) is 26.1 Å². The molecule has 1 aromatic carbocycles. The minimum Gasteiger partial charge on any atom is -0.349 e. The number of anilines is 3. The van der Waals surface area contributed by atoms with E-state index in [-0.39, 0.29) is 40.7 Å². The zero-order chi connectivity index (χ0) is 26.9. The smallest absolute Gasteiger partial charge is 0.300 e. The molecule has 1 fully saturated rings. The third-order valence-electron chi connectivity index (χ3n) is 5.87. The van der Waals surface area contributed by atoms with E-state index in [1.54, 1.807) is 13.0 Å². The van der Waals surface area contributed by atoms with Crippen molar-refractivity contribution in [1.82, 2.24) is 19.6 Å². The van der Waals surface area contributed by atoms with E-state index < -0.39 is 39.1 Å². The van der Waals surface area contributed by atoms with Crippen molar-refractivity contribution in [2.24, 2.45) is 7.05 Å². The lowest BCUT2D eigenvalue weighted by atomic mass is 10.0. The average Bonchev–Trinajstić information content (AvgIpc) is 3.66. The molecule has 37 heavy (non-hydrogen) atoms. The molecule has 1 saturated carbocycles. The molecule has 2 heterocycles. The Morgan fingerprint density at radius 3 is 2.54 bits per heavy atom. The first-order valence-corrected chi connectivity index (χ1v) is 12.9. The van der Waals surface area contributed by atoms with Crippen molar-refractivity contribution in [3.8, 4) is 0 Å². The number of amides is 1. The SMILES string of the molecule is CNS(=O)(=O)Nc1nccc(Cc2cc(C(=O)NC3CC3)c(Nc3ccc(C)cc3F)n(C)c2=O)c1F. The number of benzene rings is 1. The Balaban J connectivity index is 1.76. The number of nitrogens with one attached hydrogen (secondary N) is 4. The number of aromatic nitrogens is 2. The van der Waals surface area contributed by atoms with E-state index in [2.05, 4.69) is 15.6 Å². The van der Waals surface area contributed by atoms with Gasteiger partial charge in [0.05, 0.1) is 11.3 Å². The summed E-state index contributed by atoms with van der Waals surface area (Å²) in [7, 11) is -1.45. The molecule has 13 heteroatoms. The van der Waals surface area contributed by atoms with Gasteiger partial charge in [0.2, 0.25) is 0 Å². The highest BCUT2D eigenvalue weighted by Crippen LogP contribution is 2.26. The Labute approximate surface area is 212 Å². The van der Waals surface area contributed by atoms with Gasteiger partial charge in [-0.15, -0.1) is 0 Å². The summed E-state index contributed by atoms with van der Waals surface area (Å²) in [4.78, 5) is 30.1. The van der Waals surface area contributed by atoms with Crippen LogP contribution in [0.5, 0.6) is 0 Å². The highest BCUT2D eigenvalue weighted by Gasteiger charge is 2.27. The van der Waals surface area contributed by atoms with Crippen molar-refractivity contribution in [1.29, 1.82) is 0 Å². The largest absolute Gasteiger partial charge is 0.349 e. The number of pyridine rings is 2. The molecule has 0 atom stereocenters. The van der Waals surface area contributed by atoms with E-state index in [4.69, 9.17) is 0 Å². The number of hydrogen-bond donors (Lipinski definition) is 4. The van der Waals surface area contributed by atoms with Gasteiger partial charge < -0.3 is 10.6 Å². The van der Waals surface area contributed by atoms with Crippen molar-refractivity contribution >= 4 is 33.4 Å². The molecule has 196 valence electrons. The second-order valence-electron chi connectivity index (χ2n) is 8.77. The Morgan fingerprint density at radius 2 is 1.89 bits per heavy atom. The summed E-state index contributed by atoms with van der Waals surface area (Å²) in [6.45, 7) is 1.74. The van der Waals surface area contributed by atoms with Gasteiger partial charge in [0.25, 0.3) is 21.7 Å². The van der Waals surface area contributed by atoms with Crippen molar-refractivity contribution in [3.05, 3.63) is 80.8 Å². The van der Waals surface area contributed by atoms with Crippen LogP contribution in [0.3, 0.4) is 0 Å². The number of halogens is 2. The fraction of sp³-hybridized carbons (Fsp3) is 0.292. The normalized spacial score (nSPS) is 13.3. The topological polar surface area (TPSA) is 134 Å². The summed E-state index contributed by atoms with van der Waals surface area (Å²) in [5, 5.41) is 5.71. The van der Waals surface area contributed by atoms with Gasteiger partial charge in [-0.2, -0.15) is 8.42 Å². The van der Waals surface area contributed by atoms with Crippen LogP contribution in [-0.4, -0.2) is 37.0 Å². The highest BCUT2D eigenvalue weighted by molar-refractivity contribution is 7.90. The van der Waals surface area contributed by atoms with Crippen molar-refractivity contribution in [2.45, 2.75) is 32.2 Å². The molecule has 3 aromatic rings. The lowest BCUT2D eigenvalue weighted by Gasteiger charge is -2.18. The predicted molar refractivity (Wildman–Crippen MR) is 135 cm³/mol. The van der Waals surface area contributed by atoms with Gasteiger partial charge in [-0.3, -0.25) is 18.9 Å². The van der Waals surface area contributed by atoms with E-state index in [0.29, 0.717) is 5.56 Å². The molecule has 4 N–H and O–H groups in total. The molecule has 1 aliphatic carbocycles. The second-order valence-corrected chi connectivity index (χ2v) is 10.4. The number of hydrogen-bond acceptors (Lipinski definition) is 6.